The lowest BCUT2D eigenvalue weighted by atomic mass is 9.84. The fraction of sp³-hybridized carbons (Fsp3) is 0.409. The van der Waals surface area contributed by atoms with Gasteiger partial charge in [-0.05, 0) is 23.8 Å². The summed E-state index contributed by atoms with van der Waals surface area (Å²) in [5.41, 5.74) is 3.62. The van der Waals surface area contributed by atoms with Crippen LogP contribution in [0, 0.1) is 0 Å². The van der Waals surface area contributed by atoms with E-state index in [2.05, 4.69) is 20.2 Å². The highest BCUT2D eigenvalue weighted by atomic mass is 16.7. The van der Waals surface area contributed by atoms with Crippen LogP contribution in [0.2, 0.25) is 0 Å². The van der Waals surface area contributed by atoms with E-state index in [4.69, 9.17) is 23.7 Å². The summed E-state index contributed by atoms with van der Waals surface area (Å²) in [5, 5.41) is 0. The third kappa shape index (κ3) is 2.57. The second-order valence-corrected chi connectivity index (χ2v) is 8.19. The van der Waals surface area contributed by atoms with Gasteiger partial charge >= 0.3 is 5.97 Å². The van der Waals surface area contributed by atoms with Gasteiger partial charge in [-0.2, -0.15) is 0 Å². The van der Waals surface area contributed by atoms with Crippen LogP contribution in [0.15, 0.2) is 24.3 Å². The number of fused-ring (bicyclic) bond motifs is 3. The second-order valence-electron chi connectivity index (χ2n) is 8.19. The maximum atomic E-state index is 12.9. The maximum absolute atomic E-state index is 12.9. The van der Waals surface area contributed by atoms with Crippen molar-refractivity contribution in [1.82, 2.24) is 0 Å². The number of quaternary nitrogens is 1. The van der Waals surface area contributed by atoms with Gasteiger partial charge in [-0.1, -0.05) is 6.07 Å². The van der Waals surface area contributed by atoms with Crippen LogP contribution < -0.4 is 18.9 Å². The third-order valence-electron chi connectivity index (χ3n) is 6.27. The molecule has 3 aliphatic heterocycles. The number of ether oxygens (including phenoxy) is 5. The Morgan fingerprint density at radius 1 is 1.03 bits per heavy atom. The van der Waals surface area contributed by atoms with Gasteiger partial charge in [-0.25, -0.2) is 4.79 Å². The first-order valence-electron chi connectivity index (χ1n) is 9.65. The zero-order chi connectivity index (χ0) is 20.3. The summed E-state index contributed by atoms with van der Waals surface area (Å²) in [6, 6.07) is 7.78. The van der Waals surface area contributed by atoms with Crippen LogP contribution in [0.3, 0.4) is 0 Å². The Bertz CT molecular complexity index is 1010. The molecule has 0 fully saturated rings. The molecule has 3 heterocycles. The molecule has 29 heavy (non-hydrogen) atoms. The Morgan fingerprint density at radius 2 is 1.79 bits per heavy atom. The van der Waals surface area contributed by atoms with E-state index in [0.29, 0.717) is 21.5 Å². The molecule has 0 bridgehead atoms. The number of cyclic esters (lactones) is 1. The SMILES string of the molecule is COc1ccc2c(c1OC)C(=O)O[C@@H]2[C@H]1c2cc3c(cc2CC[N+]1(C)C)OCO3. The molecule has 5 rings (SSSR count). The molecule has 3 aliphatic rings. The van der Waals surface area contributed by atoms with Gasteiger partial charge in [0.15, 0.2) is 35.1 Å². The summed E-state index contributed by atoms with van der Waals surface area (Å²) in [4.78, 5) is 12.9. The minimum atomic E-state index is -0.424. The van der Waals surface area contributed by atoms with E-state index in [-0.39, 0.29) is 18.8 Å². The fourth-order valence-electron chi connectivity index (χ4n) is 4.81. The first-order chi connectivity index (χ1) is 13.9. The molecule has 2 atom stereocenters. The highest BCUT2D eigenvalue weighted by Crippen LogP contribution is 2.52. The number of carbonyl (C=O) groups excluding carboxylic acids is 1. The smallest absolute Gasteiger partial charge is 0.343 e. The highest BCUT2D eigenvalue weighted by Gasteiger charge is 2.50. The number of carbonyl (C=O) groups is 1. The number of rotatable bonds is 3. The lowest BCUT2D eigenvalue weighted by molar-refractivity contribution is -0.927. The number of hydrogen-bond acceptors (Lipinski definition) is 6. The van der Waals surface area contributed by atoms with E-state index in [1.807, 2.05) is 18.2 Å². The maximum Gasteiger partial charge on any atom is 0.343 e. The molecule has 0 amide bonds. The van der Waals surface area contributed by atoms with Gasteiger partial charge in [0.05, 0.1) is 34.9 Å². The first kappa shape index (κ1) is 18.1. The lowest BCUT2D eigenvalue weighted by Gasteiger charge is -2.44. The van der Waals surface area contributed by atoms with Crippen LogP contribution >= 0.6 is 0 Å². The molecule has 0 spiro atoms. The summed E-state index contributed by atoms with van der Waals surface area (Å²) in [5.74, 6) is 2.08. The van der Waals surface area contributed by atoms with Gasteiger partial charge in [-0.15, -0.1) is 0 Å². The monoisotopic (exact) mass is 398 g/mol. The first-order valence-corrected chi connectivity index (χ1v) is 9.65. The normalized spacial score (nSPS) is 23.2. The van der Waals surface area contributed by atoms with Crippen molar-refractivity contribution in [3.8, 4) is 23.0 Å². The Labute approximate surface area is 169 Å². The zero-order valence-electron chi connectivity index (χ0n) is 17.0. The number of esters is 1. The minimum Gasteiger partial charge on any atom is -0.493 e. The average Bonchev–Trinajstić information content (AvgIpc) is 3.29. The van der Waals surface area contributed by atoms with Gasteiger partial charge in [0.25, 0.3) is 0 Å². The average molecular weight is 398 g/mol. The molecule has 7 nitrogen and oxygen atoms in total. The molecule has 0 saturated carbocycles. The molecule has 2 aromatic carbocycles. The predicted octanol–water partition coefficient (Wildman–Crippen LogP) is 3.02. The van der Waals surface area contributed by atoms with E-state index in [1.165, 1.54) is 12.7 Å². The number of likely N-dealkylation sites (N-methyl/N-ethyl adjacent to an activating group) is 1. The zero-order valence-corrected chi connectivity index (χ0v) is 17.0. The summed E-state index contributed by atoms with van der Waals surface area (Å²) in [6.07, 6.45) is 0.501. The minimum absolute atomic E-state index is 0.0726. The van der Waals surface area contributed by atoms with E-state index >= 15 is 0 Å². The molecule has 0 aliphatic carbocycles. The fourth-order valence-corrected chi connectivity index (χ4v) is 4.81. The topological polar surface area (TPSA) is 63.2 Å². The number of nitrogens with zero attached hydrogens (tertiary/aromatic N) is 1. The van der Waals surface area contributed by atoms with E-state index in [1.54, 1.807) is 7.11 Å². The molecular formula is C22H24NO6+. The van der Waals surface area contributed by atoms with Gasteiger partial charge in [0, 0.05) is 17.5 Å². The van der Waals surface area contributed by atoms with Crippen LogP contribution in [0.25, 0.3) is 0 Å². The standard InChI is InChI=1S/C22H24NO6/c1-23(2)8-7-12-9-16-17(28-11-27-16)10-14(12)19(23)20-13-5-6-15(25-3)21(26-4)18(13)22(24)29-20/h5-6,9-10,19-20H,7-8,11H2,1-4H3/q+1/t19-,20+/m1/s1. The number of benzene rings is 2. The highest BCUT2D eigenvalue weighted by molar-refractivity contribution is 5.98. The largest absolute Gasteiger partial charge is 0.493 e. The summed E-state index contributed by atoms with van der Waals surface area (Å²) in [6.45, 7) is 1.16. The molecule has 0 N–H and O–H groups in total. The quantitative estimate of drug-likeness (QED) is 0.585. The molecule has 7 heteroatoms. The van der Waals surface area contributed by atoms with Gasteiger partial charge < -0.3 is 28.2 Å². The van der Waals surface area contributed by atoms with E-state index in [9.17, 15) is 4.79 Å². The van der Waals surface area contributed by atoms with Crippen molar-refractivity contribution in [3.63, 3.8) is 0 Å². The molecule has 2 aromatic rings. The van der Waals surface area contributed by atoms with Crippen molar-refractivity contribution in [2.75, 3.05) is 41.7 Å². The van der Waals surface area contributed by atoms with Crippen molar-refractivity contribution in [1.29, 1.82) is 0 Å². The van der Waals surface area contributed by atoms with Crippen LogP contribution in [0.1, 0.15) is 39.2 Å². The van der Waals surface area contributed by atoms with Crippen molar-refractivity contribution >= 4 is 5.97 Å². The van der Waals surface area contributed by atoms with Crippen LogP contribution in [-0.2, 0) is 11.2 Å². The van der Waals surface area contributed by atoms with E-state index in [0.717, 1.165) is 35.6 Å². The molecule has 0 unspecified atom stereocenters. The summed E-state index contributed by atoms with van der Waals surface area (Å²) in [7, 11) is 7.44. The van der Waals surface area contributed by atoms with Crippen molar-refractivity contribution in [2.45, 2.75) is 18.6 Å². The van der Waals surface area contributed by atoms with Crippen molar-refractivity contribution in [3.05, 3.63) is 46.5 Å². The van der Waals surface area contributed by atoms with Gasteiger partial charge in [0.2, 0.25) is 6.79 Å². The summed E-state index contributed by atoms with van der Waals surface area (Å²) >= 11 is 0. The summed E-state index contributed by atoms with van der Waals surface area (Å²) < 4.78 is 28.7. The van der Waals surface area contributed by atoms with Crippen molar-refractivity contribution in [2.24, 2.45) is 0 Å². The van der Waals surface area contributed by atoms with Crippen LogP contribution in [-0.4, -0.2) is 52.1 Å². The Balaban J connectivity index is 1.67. The molecule has 152 valence electrons. The van der Waals surface area contributed by atoms with Crippen molar-refractivity contribution < 1.29 is 33.0 Å². The van der Waals surface area contributed by atoms with E-state index < -0.39 is 6.10 Å². The number of methoxy groups -OCH3 is 2. The Hall–Kier alpha value is -2.93. The molecule has 0 saturated heterocycles. The Kier molecular flexibility index (Phi) is 3.93. The predicted molar refractivity (Wildman–Crippen MR) is 104 cm³/mol. The van der Waals surface area contributed by atoms with Gasteiger partial charge in [0.1, 0.15) is 5.56 Å². The molecular weight excluding hydrogens is 374 g/mol. The second kappa shape index (κ2) is 6.29. The molecule has 0 aromatic heterocycles. The molecule has 0 radical (unpaired) electrons. The van der Waals surface area contributed by atoms with Gasteiger partial charge in [-0.3, -0.25) is 0 Å². The van der Waals surface area contributed by atoms with Crippen LogP contribution in [0.4, 0.5) is 0 Å². The van der Waals surface area contributed by atoms with Crippen LogP contribution in [0.5, 0.6) is 23.0 Å². The number of hydrogen-bond donors (Lipinski definition) is 0. The lowest BCUT2D eigenvalue weighted by Crippen LogP contribution is -2.50. The third-order valence-corrected chi connectivity index (χ3v) is 6.27. The Morgan fingerprint density at radius 3 is 2.52 bits per heavy atom.